The molecular formula is C34H31N3O4. The van der Waals surface area contributed by atoms with Crippen molar-refractivity contribution in [3.8, 4) is 39.5 Å². The lowest BCUT2D eigenvalue weighted by atomic mass is 9.93. The minimum Gasteiger partial charge on any atom is -0.481 e. The molecule has 206 valence electrons. The second-order valence-electron chi connectivity index (χ2n) is 10.2. The van der Waals surface area contributed by atoms with Gasteiger partial charge in [-0.2, -0.15) is 0 Å². The maximum Gasteiger partial charge on any atom is 0.316 e. The molecule has 1 N–H and O–H groups in total. The first-order valence-corrected chi connectivity index (χ1v) is 13.7. The molecule has 0 radical (unpaired) electrons. The van der Waals surface area contributed by atoms with Crippen LogP contribution in [0.1, 0.15) is 31.0 Å². The van der Waals surface area contributed by atoms with Gasteiger partial charge in [0.15, 0.2) is 5.76 Å². The largest absolute Gasteiger partial charge is 0.481 e. The Balaban J connectivity index is 1.22. The summed E-state index contributed by atoms with van der Waals surface area (Å²) in [6.07, 6.45) is 3.40. The maximum absolute atomic E-state index is 12.5. The Morgan fingerprint density at radius 3 is 2.32 bits per heavy atom. The number of aromatic nitrogens is 2. The van der Waals surface area contributed by atoms with Gasteiger partial charge in [-0.15, -0.1) is 0 Å². The van der Waals surface area contributed by atoms with Gasteiger partial charge in [-0.05, 0) is 73.2 Å². The summed E-state index contributed by atoms with van der Waals surface area (Å²) in [7, 11) is 1.62. The van der Waals surface area contributed by atoms with Crippen LogP contribution in [-0.2, 0) is 14.9 Å². The van der Waals surface area contributed by atoms with Crippen molar-refractivity contribution >= 4 is 17.3 Å². The summed E-state index contributed by atoms with van der Waals surface area (Å²) in [6.45, 7) is 4.17. The Morgan fingerprint density at radius 2 is 1.63 bits per heavy atom. The van der Waals surface area contributed by atoms with Gasteiger partial charge in [0.1, 0.15) is 11.4 Å². The fraction of sp³-hybridized carbons (Fsp3) is 0.206. The molecule has 0 atom stereocenters. The number of ether oxygens (including phenoxy) is 2. The second kappa shape index (κ2) is 10.9. The highest BCUT2D eigenvalue weighted by Gasteiger charge is 2.52. The predicted octanol–water partition coefficient (Wildman–Crippen LogP) is 7.73. The van der Waals surface area contributed by atoms with Gasteiger partial charge in [0, 0.05) is 23.0 Å². The molecule has 0 amide bonds. The molecule has 2 heterocycles. The lowest BCUT2D eigenvalue weighted by molar-refractivity contribution is -0.146. The van der Waals surface area contributed by atoms with Crippen molar-refractivity contribution in [2.45, 2.75) is 32.1 Å². The molecule has 3 aromatic carbocycles. The van der Waals surface area contributed by atoms with E-state index in [1.54, 1.807) is 13.3 Å². The SMILES string of the molecule is CCOC(=O)C1(c2ccc(-c3ccc(-c4onc(C)c4Nc4cccc(-c5cccnc5OC)c4)cc3)cc2)CC1. The fourth-order valence-corrected chi connectivity index (χ4v) is 5.20. The van der Waals surface area contributed by atoms with Crippen molar-refractivity contribution < 1.29 is 18.8 Å². The molecule has 0 saturated heterocycles. The number of benzene rings is 3. The van der Waals surface area contributed by atoms with Gasteiger partial charge >= 0.3 is 5.97 Å². The van der Waals surface area contributed by atoms with Gasteiger partial charge < -0.3 is 19.3 Å². The zero-order chi connectivity index (χ0) is 28.4. The molecule has 1 aliphatic rings. The van der Waals surface area contributed by atoms with Crippen molar-refractivity contribution in [2.24, 2.45) is 0 Å². The summed E-state index contributed by atoms with van der Waals surface area (Å²) < 4.78 is 16.5. The standard InChI is InChI=1S/C34H31N3O4/c1-4-40-33(38)34(18-19-34)27-16-14-24(15-17-27)23-10-12-25(13-11-23)31-30(22(2)37-41-31)36-28-8-5-7-26(21-28)29-9-6-20-35-32(29)39-3/h5-17,20-21,36H,4,18-19H2,1-3H3. The minimum absolute atomic E-state index is 0.118. The van der Waals surface area contributed by atoms with E-state index in [0.717, 1.165) is 63.3 Å². The summed E-state index contributed by atoms with van der Waals surface area (Å²) in [6, 6.07) is 28.4. The highest BCUT2D eigenvalue weighted by atomic mass is 16.5. The number of carbonyl (C=O) groups excluding carboxylic acids is 1. The topological polar surface area (TPSA) is 86.5 Å². The van der Waals surface area contributed by atoms with Crippen LogP contribution in [0.4, 0.5) is 11.4 Å². The van der Waals surface area contributed by atoms with Crippen molar-refractivity contribution in [3.63, 3.8) is 0 Å². The van der Waals surface area contributed by atoms with Gasteiger partial charge in [0.2, 0.25) is 5.88 Å². The number of esters is 1. The first kappa shape index (κ1) is 26.3. The molecule has 5 aromatic rings. The lowest BCUT2D eigenvalue weighted by Crippen LogP contribution is -2.23. The van der Waals surface area contributed by atoms with Crippen LogP contribution in [0.15, 0.2) is 95.6 Å². The Morgan fingerprint density at radius 1 is 0.927 bits per heavy atom. The van der Waals surface area contributed by atoms with Crippen LogP contribution in [0.5, 0.6) is 5.88 Å². The Labute approximate surface area is 239 Å². The van der Waals surface area contributed by atoms with Crippen molar-refractivity contribution in [2.75, 3.05) is 19.0 Å². The summed E-state index contributed by atoms with van der Waals surface area (Å²) in [5.41, 5.74) is 8.00. The molecule has 6 rings (SSSR count). The number of carbonyl (C=O) groups is 1. The van der Waals surface area contributed by atoms with E-state index in [4.69, 9.17) is 14.0 Å². The number of hydrogen-bond donors (Lipinski definition) is 1. The average molecular weight is 546 g/mol. The highest BCUT2D eigenvalue weighted by Crippen LogP contribution is 2.49. The quantitative estimate of drug-likeness (QED) is 0.190. The Hall–Kier alpha value is -4.91. The molecule has 0 bridgehead atoms. The Bertz CT molecular complexity index is 1690. The third-order valence-corrected chi connectivity index (χ3v) is 7.60. The molecule has 0 unspecified atom stereocenters. The van der Waals surface area contributed by atoms with E-state index < -0.39 is 5.41 Å². The van der Waals surface area contributed by atoms with Gasteiger partial charge in [-0.25, -0.2) is 4.98 Å². The van der Waals surface area contributed by atoms with Crippen molar-refractivity contribution in [1.29, 1.82) is 0 Å². The van der Waals surface area contributed by atoms with E-state index in [2.05, 4.69) is 45.8 Å². The molecule has 1 saturated carbocycles. The molecular weight excluding hydrogens is 514 g/mol. The van der Waals surface area contributed by atoms with Crippen LogP contribution in [0.25, 0.3) is 33.6 Å². The molecule has 0 aliphatic heterocycles. The predicted molar refractivity (Wildman–Crippen MR) is 159 cm³/mol. The third kappa shape index (κ3) is 5.07. The smallest absolute Gasteiger partial charge is 0.316 e. The van der Waals surface area contributed by atoms with E-state index in [9.17, 15) is 4.79 Å². The van der Waals surface area contributed by atoms with E-state index >= 15 is 0 Å². The second-order valence-corrected chi connectivity index (χ2v) is 10.2. The molecule has 7 nitrogen and oxygen atoms in total. The zero-order valence-corrected chi connectivity index (χ0v) is 23.3. The number of hydrogen-bond acceptors (Lipinski definition) is 7. The van der Waals surface area contributed by atoms with Gasteiger partial charge in [0.25, 0.3) is 0 Å². The Kier molecular flexibility index (Phi) is 7.01. The lowest BCUT2D eigenvalue weighted by Gasteiger charge is -2.14. The highest BCUT2D eigenvalue weighted by molar-refractivity contribution is 5.87. The van der Waals surface area contributed by atoms with Gasteiger partial charge in [0.05, 0.1) is 19.1 Å². The first-order chi connectivity index (χ1) is 20.0. The first-order valence-electron chi connectivity index (χ1n) is 13.7. The van der Waals surface area contributed by atoms with E-state index in [0.29, 0.717) is 18.2 Å². The van der Waals surface area contributed by atoms with Crippen LogP contribution in [0, 0.1) is 6.92 Å². The number of aryl methyl sites for hydroxylation is 1. The summed E-state index contributed by atoms with van der Waals surface area (Å²) in [5.74, 6) is 1.12. The van der Waals surface area contributed by atoms with Crippen LogP contribution < -0.4 is 10.1 Å². The van der Waals surface area contributed by atoms with Crippen LogP contribution in [0.2, 0.25) is 0 Å². The molecule has 1 fully saturated rings. The summed E-state index contributed by atoms with van der Waals surface area (Å²) in [4.78, 5) is 16.8. The van der Waals surface area contributed by atoms with Gasteiger partial charge in [-0.1, -0.05) is 65.8 Å². The minimum atomic E-state index is -0.463. The number of rotatable bonds is 9. The van der Waals surface area contributed by atoms with Crippen LogP contribution in [-0.4, -0.2) is 29.8 Å². The third-order valence-electron chi connectivity index (χ3n) is 7.60. The van der Waals surface area contributed by atoms with Gasteiger partial charge in [-0.3, -0.25) is 4.79 Å². The zero-order valence-electron chi connectivity index (χ0n) is 23.3. The van der Waals surface area contributed by atoms with E-state index in [-0.39, 0.29) is 5.97 Å². The molecule has 41 heavy (non-hydrogen) atoms. The maximum atomic E-state index is 12.5. The molecule has 7 heteroatoms. The molecule has 1 aliphatic carbocycles. The van der Waals surface area contributed by atoms with E-state index in [1.807, 2.05) is 68.4 Å². The summed E-state index contributed by atoms with van der Waals surface area (Å²) >= 11 is 0. The van der Waals surface area contributed by atoms with E-state index in [1.165, 1.54) is 0 Å². The summed E-state index contributed by atoms with van der Waals surface area (Å²) in [5, 5.41) is 7.74. The van der Waals surface area contributed by atoms with Crippen molar-refractivity contribution in [3.05, 3.63) is 102 Å². The monoisotopic (exact) mass is 545 g/mol. The number of nitrogens with zero attached hydrogens (tertiary/aromatic N) is 2. The number of methoxy groups -OCH3 is 1. The average Bonchev–Trinajstić information content (AvgIpc) is 3.76. The van der Waals surface area contributed by atoms with Crippen LogP contribution >= 0.6 is 0 Å². The molecule has 2 aromatic heterocycles. The number of pyridine rings is 1. The van der Waals surface area contributed by atoms with Crippen molar-refractivity contribution in [1.82, 2.24) is 10.1 Å². The fourth-order valence-electron chi connectivity index (χ4n) is 5.20. The normalized spacial score (nSPS) is 13.4. The van der Waals surface area contributed by atoms with Crippen LogP contribution in [0.3, 0.4) is 0 Å². The number of anilines is 2. The number of nitrogens with one attached hydrogen (secondary N) is 1. The molecule has 0 spiro atoms.